The normalized spacial score (nSPS) is 21.2. The van der Waals surface area contributed by atoms with Gasteiger partial charge >= 0.3 is 6.03 Å². The monoisotopic (exact) mass is 838 g/mol. The van der Waals surface area contributed by atoms with Gasteiger partial charge in [0, 0.05) is 105 Å². The minimum Gasteiger partial charge on any atom is -0.494 e. The second-order valence-electron chi connectivity index (χ2n) is 16.1. The molecule has 4 N–H and O–H groups in total. The minimum atomic E-state index is -1.03. The summed E-state index contributed by atoms with van der Waals surface area (Å²) in [5, 5.41) is 11.3. The maximum Gasteiger partial charge on any atom is 0.329 e. The number of hydrogen-bond donors (Lipinski definition) is 3. The molecule has 3 fully saturated rings. The van der Waals surface area contributed by atoms with Gasteiger partial charge in [0.05, 0.1) is 23.2 Å². The molecular formula is C44H45ClF2N8O5. The molecule has 0 radical (unpaired) electrons. The highest BCUT2D eigenvalue weighted by Gasteiger charge is 2.50. The van der Waals surface area contributed by atoms with Crippen LogP contribution in [-0.2, 0) is 17.4 Å². The van der Waals surface area contributed by atoms with Crippen LogP contribution in [0.4, 0.5) is 25.1 Å². The molecule has 4 aliphatic rings. The van der Waals surface area contributed by atoms with Gasteiger partial charge in [-0.2, -0.15) is 5.10 Å². The Labute approximate surface area is 350 Å². The minimum absolute atomic E-state index is 0.0141. The van der Waals surface area contributed by atoms with Crippen LogP contribution in [0.3, 0.4) is 0 Å². The second kappa shape index (κ2) is 15.4. The van der Waals surface area contributed by atoms with Gasteiger partial charge in [0.1, 0.15) is 11.6 Å². The van der Waals surface area contributed by atoms with Gasteiger partial charge in [0.2, 0.25) is 11.8 Å². The number of likely N-dealkylation sites (tertiary alicyclic amines) is 1. The summed E-state index contributed by atoms with van der Waals surface area (Å²) in [7, 11) is 3.16. The highest BCUT2D eigenvalue weighted by molar-refractivity contribution is 6.34. The summed E-state index contributed by atoms with van der Waals surface area (Å²) in [5.41, 5.74) is 7.65. The number of primary amides is 1. The number of carbonyl (C=O) groups excluding carboxylic acids is 3. The van der Waals surface area contributed by atoms with Crippen LogP contribution in [0.15, 0.2) is 66.7 Å². The number of amides is 4. The fourth-order valence-corrected chi connectivity index (χ4v) is 9.68. The number of aromatic nitrogens is 2. The van der Waals surface area contributed by atoms with Crippen LogP contribution in [0.1, 0.15) is 53.6 Å². The van der Waals surface area contributed by atoms with Crippen molar-refractivity contribution in [3.05, 3.63) is 100 Å². The SMILES string of the molecule is COc1ccc(C(N)=O)c(-c2c(Cl)c(F)cc3c2[C@H](C)[C@@](CNC2CCN(C4CN(c5ccc6c(N7CCC(=O)NC7=O)nn(C)c6c5)C4)CC2)(c2ccccc2)O3)c1F. The number of carbonyl (C=O) groups is 3. The first kappa shape index (κ1) is 39.7. The number of halogens is 3. The highest BCUT2D eigenvalue weighted by Crippen LogP contribution is 2.56. The molecule has 3 saturated heterocycles. The molecule has 4 aliphatic heterocycles. The molecule has 0 bridgehead atoms. The quantitative estimate of drug-likeness (QED) is 0.153. The number of hydrogen-bond acceptors (Lipinski definition) is 9. The third kappa shape index (κ3) is 6.59. The first-order valence-electron chi connectivity index (χ1n) is 20.1. The molecule has 13 nitrogen and oxygen atoms in total. The fraction of sp³-hybridized carbons (Fsp3) is 0.364. The van der Waals surface area contributed by atoms with E-state index in [4.69, 9.17) is 26.8 Å². The zero-order valence-corrected chi connectivity index (χ0v) is 34.2. The molecule has 5 aromatic rings. The Morgan fingerprint density at radius 2 is 1.80 bits per heavy atom. The van der Waals surface area contributed by atoms with E-state index in [1.165, 1.54) is 30.2 Å². The molecular weight excluding hydrogens is 794 g/mol. The largest absolute Gasteiger partial charge is 0.494 e. The topological polar surface area (TPSA) is 147 Å². The summed E-state index contributed by atoms with van der Waals surface area (Å²) in [6, 6.07) is 19.9. The number of piperidine rings is 1. The van der Waals surface area contributed by atoms with E-state index in [1.807, 2.05) is 50.4 Å². The molecule has 0 aliphatic carbocycles. The number of ether oxygens (including phenoxy) is 2. The van der Waals surface area contributed by atoms with Gasteiger partial charge in [-0.25, -0.2) is 13.6 Å². The van der Waals surface area contributed by atoms with Crippen molar-refractivity contribution in [1.29, 1.82) is 0 Å². The second-order valence-corrected chi connectivity index (χ2v) is 16.4. The smallest absolute Gasteiger partial charge is 0.329 e. The number of aryl methyl sites for hydroxylation is 1. The van der Waals surface area contributed by atoms with Crippen LogP contribution >= 0.6 is 11.6 Å². The molecule has 16 heteroatoms. The van der Waals surface area contributed by atoms with Gasteiger partial charge in [-0.3, -0.25) is 29.4 Å². The van der Waals surface area contributed by atoms with E-state index in [1.54, 1.807) is 4.68 Å². The van der Waals surface area contributed by atoms with Crippen LogP contribution in [0, 0.1) is 11.6 Å². The third-order valence-electron chi connectivity index (χ3n) is 12.8. The number of rotatable bonds is 10. The summed E-state index contributed by atoms with van der Waals surface area (Å²) >= 11 is 6.68. The molecule has 1 aromatic heterocycles. The molecule has 4 amide bonds. The van der Waals surface area contributed by atoms with Crippen LogP contribution < -0.4 is 35.6 Å². The summed E-state index contributed by atoms with van der Waals surface area (Å²) in [5.74, 6) is -2.73. The molecule has 0 spiro atoms. The van der Waals surface area contributed by atoms with Crippen LogP contribution in [0.2, 0.25) is 5.02 Å². The lowest BCUT2D eigenvalue weighted by atomic mass is 9.77. The number of nitrogens with one attached hydrogen (secondary N) is 2. The van der Waals surface area contributed by atoms with Gasteiger partial charge in [-0.15, -0.1) is 0 Å². The van der Waals surface area contributed by atoms with Gasteiger partial charge in [0.25, 0.3) is 0 Å². The number of fused-ring (bicyclic) bond motifs is 2. The molecule has 312 valence electrons. The van der Waals surface area contributed by atoms with E-state index in [0.29, 0.717) is 30.5 Å². The van der Waals surface area contributed by atoms with E-state index in [0.717, 1.165) is 61.2 Å². The number of imide groups is 1. The molecule has 0 unspecified atom stereocenters. The van der Waals surface area contributed by atoms with Crippen LogP contribution in [-0.4, -0.2) is 91.0 Å². The average molecular weight is 839 g/mol. The summed E-state index contributed by atoms with van der Waals surface area (Å²) in [4.78, 5) is 43.3. The first-order valence-corrected chi connectivity index (χ1v) is 20.5. The number of urea groups is 1. The van der Waals surface area contributed by atoms with Crippen molar-refractivity contribution >= 4 is 51.9 Å². The predicted molar refractivity (Wildman–Crippen MR) is 224 cm³/mol. The molecule has 4 aromatic carbocycles. The van der Waals surface area contributed by atoms with Gasteiger partial charge in [-0.1, -0.05) is 48.9 Å². The van der Waals surface area contributed by atoms with E-state index in [9.17, 15) is 14.4 Å². The van der Waals surface area contributed by atoms with Crippen molar-refractivity contribution in [2.45, 2.75) is 49.8 Å². The van der Waals surface area contributed by atoms with Gasteiger partial charge in [0.15, 0.2) is 23.0 Å². The Morgan fingerprint density at radius 1 is 1.05 bits per heavy atom. The van der Waals surface area contributed by atoms with Crippen LogP contribution in [0.5, 0.6) is 11.5 Å². The lowest BCUT2D eigenvalue weighted by Crippen LogP contribution is -2.62. The number of benzene rings is 4. The summed E-state index contributed by atoms with van der Waals surface area (Å²) < 4.78 is 45.7. The Morgan fingerprint density at radius 3 is 2.50 bits per heavy atom. The molecule has 2 atom stereocenters. The van der Waals surface area contributed by atoms with E-state index in [-0.39, 0.29) is 51.6 Å². The van der Waals surface area contributed by atoms with E-state index in [2.05, 4.69) is 37.7 Å². The predicted octanol–water partition coefficient (Wildman–Crippen LogP) is 6.06. The zero-order valence-electron chi connectivity index (χ0n) is 33.4. The van der Waals surface area contributed by atoms with Crippen molar-refractivity contribution in [2.24, 2.45) is 12.8 Å². The van der Waals surface area contributed by atoms with Crippen LogP contribution in [0.25, 0.3) is 22.0 Å². The molecule has 60 heavy (non-hydrogen) atoms. The first-order chi connectivity index (χ1) is 28.9. The standard InChI is InChI=1S/C44H45ClF2N8O5/c1-24-36-34(20-31(46)39(45)38(36)37-30(41(48)57)11-12-33(59-3)40(37)47)60-44(24,25-7-5-4-6-8-25)23-49-26-13-16-53(17-14-26)28-21-54(22-28)27-9-10-29-32(19-27)52(2)51-42(29)55-18-15-35(56)50-43(55)58/h4-12,19-20,24,26,28,49H,13-18,21-23H2,1-3H3,(H2,48,57)(H,50,56,58)/t24-,44-/m0/s1. The Hall–Kier alpha value is -5.77. The number of methoxy groups -OCH3 is 1. The van der Waals surface area contributed by atoms with Gasteiger partial charge < -0.3 is 25.4 Å². The lowest BCUT2D eigenvalue weighted by Gasteiger charge is -2.49. The Kier molecular flexibility index (Phi) is 10.2. The molecule has 9 rings (SSSR count). The maximum atomic E-state index is 16.2. The van der Waals surface area contributed by atoms with Crippen molar-refractivity contribution in [3.63, 3.8) is 0 Å². The van der Waals surface area contributed by atoms with Gasteiger partial charge in [-0.05, 0) is 48.7 Å². The number of nitrogens with zero attached hydrogens (tertiary/aromatic N) is 5. The highest BCUT2D eigenvalue weighted by atomic mass is 35.5. The van der Waals surface area contributed by atoms with Crippen molar-refractivity contribution in [3.8, 4) is 22.6 Å². The van der Waals surface area contributed by atoms with Crippen molar-refractivity contribution in [2.75, 3.05) is 56.2 Å². The number of nitrogens with two attached hydrogens (primary N) is 1. The zero-order chi connectivity index (χ0) is 42.0. The van der Waals surface area contributed by atoms with Crippen molar-refractivity contribution in [1.82, 2.24) is 25.3 Å². The van der Waals surface area contributed by atoms with Crippen molar-refractivity contribution < 1.29 is 32.6 Å². The Balaban J connectivity index is 0.891. The van der Waals surface area contributed by atoms with E-state index < -0.39 is 35.1 Å². The Bertz CT molecular complexity index is 2540. The lowest BCUT2D eigenvalue weighted by molar-refractivity contribution is -0.120. The third-order valence-corrected chi connectivity index (χ3v) is 13.2. The fourth-order valence-electron chi connectivity index (χ4n) is 9.43. The molecule has 5 heterocycles. The summed E-state index contributed by atoms with van der Waals surface area (Å²) in [6.45, 7) is 6.20. The molecule has 0 saturated carbocycles. The maximum absolute atomic E-state index is 16.2. The summed E-state index contributed by atoms with van der Waals surface area (Å²) in [6.07, 6.45) is 2.05. The van der Waals surface area contributed by atoms with E-state index >= 15 is 8.78 Å². The average Bonchev–Trinajstić information content (AvgIpc) is 3.70. The number of anilines is 2.